The first-order chi connectivity index (χ1) is 5.50. The molecule has 12 heavy (non-hydrogen) atoms. The van der Waals surface area contributed by atoms with Crippen LogP contribution in [0.1, 0.15) is 40.5 Å². The smallest absolute Gasteiger partial charge is 0.0730 e. The van der Waals surface area contributed by atoms with Gasteiger partial charge in [-0.1, -0.05) is 6.92 Å². The zero-order valence-corrected chi connectivity index (χ0v) is 8.67. The van der Waals surface area contributed by atoms with Gasteiger partial charge in [-0.3, -0.25) is 4.90 Å². The van der Waals surface area contributed by atoms with Gasteiger partial charge in [-0.15, -0.1) is 0 Å². The fraction of sp³-hybridized carbons (Fsp3) is 1.00. The molecule has 0 aromatic rings. The standard InChI is InChI=1S/C10H21NO/c1-5-8(2)11-7-6-9(12)10(11,3)4/h8-9,12H,5-7H2,1-4H3. The average Bonchev–Trinajstić information content (AvgIpc) is 2.27. The minimum Gasteiger partial charge on any atom is -0.391 e. The lowest BCUT2D eigenvalue weighted by atomic mass is 9.97. The van der Waals surface area contributed by atoms with Crippen molar-refractivity contribution in [1.29, 1.82) is 0 Å². The third-order valence-electron chi connectivity index (χ3n) is 3.32. The van der Waals surface area contributed by atoms with Gasteiger partial charge in [0.25, 0.3) is 0 Å². The summed E-state index contributed by atoms with van der Waals surface area (Å²) in [6.45, 7) is 9.75. The third-order valence-corrected chi connectivity index (χ3v) is 3.32. The van der Waals surface area contributed by atoms with Crippen molar-refractivity contribution < 1.29 is 5.11 Å². The molecule has 0 aliphatic carbocycles. The highest BCUT2D eigenvalue weighted by atomic mass is 16.3. The van der Waals surface area contributed by atoms with E-state index in [0.717, 1.165) is 19.4 Å². The van der Waals surface area contributed by atoms with Crippen LogP contribution >= 0.6 is 0 Å². The Morgan fingerprint density at radius 1 is 1.58 bits per heavy atom. The Kier molecular flexibility index (Phi) is 2.79. The van der Waals surface area contributed by atoms with Gasteiger partial charge in [0.05, 0.1) is 6.10 Å². The minimum atomic E-state index is -0.147. The van der Waals surface area contributed by atoms with Crippen LogP contribution in [0.2, 0.25) is 0 Å². The highest BCUT2D eigenvalue weighted by Gasteiger charge is 2.41. The molecule has 72 valence electrons. The second-order valence-corrected chi connectivity index (χ2v) is 4.41. The van der Waals surface area contributed by atoms with Crippen molar-refractivity contribution in [2.75, 3.05) is 6.54 Å². The molecule has 0 bridgehead atoms. The van der Waals surface area contributed by atoms with Crippen molar-refractivity contribution in [2.24, 2.45) is 0 Å². The van der Waals surface area contributed by atoms with Gasteiger partial charge in [0, 0.05) is 18.1 Å². The Bertz CT molecular complexity index is 156. The molecule has 1 heterocycles. The van der Waals surface area contributed by atoms with Gasteiger partial charge in [-0.05, 0) is 33.6 Å². The van der Waals surface area contributed by atoms with Gasteiger partial charge in [0.2, 0.25) is 0 Å². The maximum atomic E-state index is 9.73. The number of nitrogens with zero attached hydrogens (tertiary/aromatic N) is 1. The van der Waals surface area contributed by atoms with Crippen LogP contribution in [-0.4, -0.2) is 34.2 Å². The summed E-state index contributed by atoms with van der Waals surface area (Å²) in [6.07, 6.45) is 1.94. The molecule has 2 atom stereocenters. The van der Waals surface area contributed by atoms with E-state index in [-0.39, 0.29) is 11.6 Å². The van der Waals surface area contributed by atoms with Crippen LogP contribution < -0.4 is 0 Å². The van der Waals surface area contributed by atoms with Crippen molar-refractivity contribution in [3.63, 3.8) is 0 Å². The quantitative estimate of drug-likeness (QED) is 0.682. The topological polar surface area (TPSA) is 23.5 Å². The minimum absolute atomic E-state index is 0.0184. The molecule has 0 amide bonds. The summed E-state index contributed by atoms with van der Waals surface area (Å²) >= 11 is 0. The number of hydrogen-bond donors (Lipinski definition) is 1. The monoisotopic (exact) mass is 171 g/mol. The molecule has 2 nitrogen and oxygen atoms in total. The lowest BCUT2D eigenvalue weighted by Crippen LogP contribution is -2.48. The second-order valence-electron chi connectivity index (χ2n) is 4.41. The molecule has 0 saturated carbocycles. The Hall–Kier alpha value is -0.0800. The summed E-state index contributed by atoms with van der Waals surface area (Å²) in [5.41, 5.74) is -0.0184. The van der Waals surface area contributed by atoms with Crippen LogP contribution in [0.4, 0.5) is 0 Å². The van der Waals surface area contributed by atoms with Crippen molar-refractivity contribution in [2.45, 2.75) is 58.2 Å². The largest absolute Gasteiger partial charge is 0.391 e. The van der Waals surface area contributed by atoms with E-state index in [1.807, 2.05) is 0 Å². The van der Waals surface area contributed by atoms with Crippen LogP contribution in [0.3, 0.4) is 0 Å². The van der Waals surface area contributed by atoms with Crippen molar-refractivity contribution in [1.82, 2.24) is 4.90 Å². The van der Waals surface area contributed by atoms with E-state index < -0.39 is 0 Å². The first-order valence-corrected chi connectivity index (χ1v) is 4.95. The molecule has 1 N–H and O–H groups in total. The summed E-state index contributed by atoms with van der Waals surface area (Å²) in [6, 6.07) is 0.595. The average molecular weight is 171 g/mol. The summed E-state index contributed by atoms with van der Waals surface area (Å²) in [5.74, 6) is 0. The summed E-state index contributed by atoms with van der Waals surface area (Å²) in [7, 11) is 0. The van der Waals surface area contributed by atoms with Gasteiger partial charge >= 0.3 is 0 Å². The van der Waals surface area contributed by atoms with Gasteiger partial charge < -0.3 is 5.11 Å². The molecule has 1 rings (SSSR count). The van der Waals surface area contributed by atoms with E-state index in [9.17, 15) is 5.11 Å². The number of hydrogen-bond acceptors (Lipinski definition) is 2. The SMILES string of the molecule is CCC(C)N1CCC(O)C1(C)C. The molecule has 1 aliphatic heterocycles. The van der Waals surface area contributed by atoms with Crippen LogP contribution in [0.25, 0.3) is 0 Å². The zero-order valence-electron chi connectivity index (χ0n) is 8.67. The predicted octanol–water partition coefficient (Wildman–Crippen LogP) is 1.63. The maximum absolute atomic E-state index is 9.73. The van der Waals surface area contributed by atoms with E-state index in [4.69, 9.17) is 0 Å². The molecule has 0 spiro atoms. The van der Waals surface area contributed by atoms with Gasteiger partial charge in [0.15, 0.2) is 0 Å². The molecule has 0 aromatic heterocycles. The van der Waals surface area contributed by atoms with Gasteiger partial charge in [0.1, 0.15) is 0 Å². The zero-order chi connectivity index (χ0) is 9.35. The van der Waals surface area contributed by atoms with Crippen LogP contribution in [0, 0.1) is 0 Å². The molecule has 1 saturated heterocycles. The van der Waals surface area contributed by atoms with Crippen molar-refractivity contribution in [3.8, 4) is 0 Å². The van der Waals surface area contributed by atoms with E-state index in [2.05, 4.69) is 32.6 Å². The molecular weight excluding hydrogens is 150 g/mol. The normalized spacial score (nSPS) is 32.2. The predicted molar refractivity (Wildman–Crippen MR) is 51.2 cm³/mol. The van der Waals surface area contributed by atoms with Crippen molar-refractivity contribution in [3.05, 3.63) is 0 Å². The Morgan fingerprint density at radius 2 is 2.17 bits per heavy atom. The van der Waals surface area contributed by atoms with Crippen LogP contribution in [-0.2, 0) is 0 Å². The molecule has 2 unspecified atom stereocenters. The molecule has 0 aromatic carbocycles. The summed E-state index contributed by atoms with van der Waals surface area (Å²) in [5, 5.41) is 9.73. The van der Waals surface area contributed by atoms with Crippen LogP contribution in [0.15, 0.2) is 0 Å². The van der Waals surface area contributed by atoms with Crippen LogP contribution in [0.5, 0.6) is 0 Å². The lowest BCUT2D eigenvalue weighted by Gasteiger charge is -2.37. The molecule has 0 radical (unpaired) electrons. The van der Waals surface area contributed by atoms with Crippen molar-refractivity contribution >= 4 is 0 Å². The highest BCUT2D eigenvalue weighted by Crippen LogP contribution is 2.31. The third kappa shape index (κ3) is 1.50. The van der Waals surface area contributed by atoms with E-state index >= 15 is 0 Å². The fourth-order valence-corrected chi connectivity index (χ4v) is 2.10. The molecular formula is C10H21NO. The van der Waals surface area contributed by atoms with Gasteiger partial charge in [-0.2, -0.15) is 0 Å². The number of aliphatic hydroxyl groups excluding tert-OH is 1. The Labute approximate surface area is 75.6 Å². The second kappa shape index (κ2) is 3.35. The number of rotatable bonds is 2. The Balaban J connectivity index is 2.67. The van der Waals surface area contributed by atoms with E-state index in [1.54, 1.807) is 0 Å². The number of likely N-dealkylation sites (tertiary alicyclic amines) is 1. The Morgan fingerprint density at radius 3 is 2.50 bits per heavy atom. The molecule has 1 aliphatic rings. The summed E-state index contributed by atoms with van der Waals surface area (Å²) < 4.78 is 0. The molecule has 2 heteroatoms. The van der Waals surface area contributed by atoms with Gasteiger partial charge in [-0.25, -0.2) is 0 Å². The lowest BCUT2D eigenvalue weighted by molar-refractivity contribution is 0.0336. The first kappa shape index (κ1) is 10.0. The maximum Gasteiger partial charge on any atom is 0.0730 e. The van der Waals surface area contributed by atoms with E-state index in [1.165, 1.54) is 0 Å². The highest BCUT2D eigenvalue weighted by molar-refractivity contribution is 4.97. The fourth-order valence-electron chi connectivity index (χ4n) is 2.10. The molecule has 1 fully saturated rings. The first-order valence-electron chi connectivity index (χ1n) is 4.95. The number of aliphatic hydroxyl groups is 1. The summed E-state index contributed by atoms with van der Waals surface area (Å²) in [4.78, 5) is 2.41. The van der Waals surface area contributed by atoms with E-state index in [0.29, 0.717) is 6.04 Å².